The summed E-state index contributed by atoms with van der Waals surface area (Å²) in [5.74, 6) is 0.623. The quantitative estimate of drug-likeness (QED) is 0.489. The van der Waals surface area contributed by atoms with E-state index in [2.05, 4.69) is 20.0 Å². The summed E-state index contributed by atoms with van der Waals surface area (Å²) in [7, 11) is -2.62. The van der Waals surface area contributed by atoms with Crippen molar-refractivity contribution in [3.63, 3.8) is 0 Å². The van der Waals surface area contributed by atoms with E-state index in [1.807, 2.05) is 0 Å². The van der Waals surface area contributed by atoms with Crippen LogP contribution in [-0.2, 0) is 16.6 Å². The van der Waals surface area contributed by atoms with Gasteiger partial charge in [0, 0.05) is 18.5 Å². The van der Waals surface area contributed by atoms with Gasteiger partial charge in [-0.15, -0.1) is 0 Å². The average Bonchev–Trinajstić information content (AvgIpc) is 3.48. The number of para-hydroxylation sites is 1. The van der Waals surface area contributed by atoms with Gasteiger partial charge in [-0.1, -0.05) is 11.2 Å². The fourth-order valence-corrected chi connectivity index (χ4v) is 4.30. The molecule has 30 heavy (non-hydrogen) atoms. The van der Waals surface area contributed by atoms with Crippen LogP contribution in [0.2, 0.25) is 0 Å². The lowest BCUT2D eigenvalue weighted by Crippen LogP contribution is -2.14. The summed E-state index contributed by atoms with van der Waals surface area (Å²) in [6.45, 7) is 0.333. The number of rotatable bonds is 6. The van der Waals surface area contributed by atoms with Crippen molar-refractivity contribution < 1.29 is 27.2 Å². The van der Waals surface area contributed by atoms with Crippen molar-refractivity contribution in [3.8, 4) is 17.4 Å². The standard InChI is InChI=1S/C18H15N5O6S/c1-26-18-15-13(8-11(20-18)9-23-7-3-6-19-23)29-21-17(15)22-30(24,25)14-5-2-4-12-16(14)28-10-27-12/h2-8H,9-10H2,1H3,(H,21,22). The second kappa shape index (κ2) is 6.91. The molecule has 0 saturated carbocycles. The Morgan fingerprint density at radius 3 is 2.97 bits per heavy atom. The van der Waals surface area contributed by atoms with E-state index >= 15 is 0 Å². The Balaban J connectivity index is 1.53. The molecule has 0 radical (unpaired) electrons. The molecule has 154 valence electrons. The number of pyridine rings is 1. The first-order chi connectivity index (χ1) is 14.5. The molecule has 0 amide bonds. The van der Waals surface area contributed by atoms with E-state index in [4.69, 9.17) is 18.7 Å². The first-order valence-electron chi connectivity index (χ1n) is 8.77. The summed E-state index contributed by atoms with van der Waals surface area (Å²) in [6.07, 6.45) is 3.45. The van der Waals surface area contributed by atoms with Crippen LogP contribution in [0.1, 0.15) is 5.69 Å². The summed E-state index contributed by atoms with van der Waals surface area (Å²) in [5.41, 5.74) is 0.930. The van der Waals surface area contributed by atoms with E-state index in [-0.39, 0.29) is 29.1 Å². The monoisotopic (exact) mass is 429 g/mol. The first-order valence-corrected chi connectivity index (χ1v) is 10.3. The Hall–Kier alpha value is -3.80. The molecule has 0 bridgehead atoms. The molecule has 0 unspecified atom stereocenters. The Bertz CT molecular complexity index is 1330. The van der Waals surface area contributed by atoms with Crippen LogP contribution in [-0.4, -0.2) is 42.2 Å². The first kappa shape index (κ1) is 18.2. The third-order valence-corrected chi connectivity index (χ3v) is 5.80. The Morgan fingerprint density at radius 2 is 2.17 bits per heavy atom. The molecule has 1 aromatic carbocycles. The van der Waals surface area contributed by atoms with Crippen LogP contribution < -0.4 is 18.9 Å². The van der Waals surface area contributed by atoms with Crippen LogP contribution in [0, 0.1) is 0 Å². The van der Waals surface area contributed by atoms with Crippen LogP contribution in [0.15, 0.2) is 52.1 Å². The molecule has 11 nitrogen and oxygen atoms in total. The number of hydrogen-bond donors (Lipinski definition) is 1. The molecule has 4 aromatic rings. The SMILES string of the molecule is COc1nc(Cn2cccn2)cc2onc(NS(=O)(=O)c3cccc4c3OCO4)c12. The van der Waals surface area contributed by atoms with E-state index in [0.717, 1.165) is 0 Å². The molecular formula is C18H15N5O6S. The minimum atomic E-state index is -4.05. The van der Waals surface area contributed by atoms with Gasteiger partial charge in [-0.3, -0.25) is 9.40 Å². The van der Waals surface area contributed by atoms with Gasteiger partial charge in [0.2, 0.25) is 12.7 Å². The maximum absolute atomic E-state index is 13.0. The molecule has 4 heterocycles. The van der Waals surface area contributed by atoms with Gasteiger partial charge in [0.15, 0.2) is 22.9 Å². The predicted molar refractivity (Wildman–Crippen MR) is 103 cm³/mol. The molecule has 0 spiro atoms. The normalized spacial score (nSPS) is 13.0. The fraction of sp³-hybridized carbons (Fsp3) is 0.167. The van der Waals surface area contributed by atoms with Gasteiger partial charge in [0.05, 0.1) is 19.3 Å². The van der Waals surface area contributed by atoms with Crippen molar-refractivity contribution in [1.82, 2.24) is 19.9 Å². The summed E-state index contributed by atoms with van der Waals surface area (Å²) < 4.78 is 51.3. The number of fused-ring (bicyclic) bond motifs is 2. The second-order valence-electron chi connectivity index (χ2n) is 6.33. The minimum absolute atomic E-state index is 0.0449. The second-order valence-corrected chi connectivity index (χ2v) is 7.98. The molecule has 1 aliphatic heterocycles. The minimum Gasteiger partial charge on any atom is -0.480 e. The number of ether oxygens (including phenoxy) is 3. The predicted octanol–water partition coefficient (Wildman–Crippen LogP) is 2.01. The van der Waals surface area contributed by atoms with Gasteiger partial charge >= 0.3 is 0 Å². The molecule has 0 atom stereocenters. The lowest BCUT2D eigenvalue weighted by molar-refractivity contribution is 0.172. The van der Waals surface area contributed by atoms with Crippen LogP contribution in [0.25, 0.3) is 11.0 Å². The van der Waals surface area contributed by atoms with Crippen molar-refractivity contribution >= 4 is 26.8 Å². The summed E-state index contributed by atoms with van der Waals surface area (Å²) >= 11 is 0. The van der Waals surface area contributed by atoms with Gasteiger partial charge in [-0.2, -0.15) is 5.10 Å². The average molecular weight is 429 g/mol. The fourth-order valence-electron chi connectivity index (χ4n) is 3.13. The van der Waals surface area contributed by atoms with Crippen LogP contribution >= 0.6 is 0 Å². The van der Waals surface area contributed by atoms with E-state index in [1.54, 1.807) is 41.3 Å². The zero-order valence-corrected chi connectivity index (χ0v) is 16.4. The number of nitrogens with one attached hydrogen (secondary N) is 1. The summed E-state index contributed by atoms with van der Waals surface area (Å²) in [6, 6.07) is 8.05. The zero-order chi connectivity index (χ0) is 20.7. The smallest absolute Gasteiger partial charge is 0.267 e. The molecule has 0 aliphatic carbocycles. The number of sulfonamides is 1. The molecule has 1 N–H and O–H groups in total. The van der Waals surface area contributed by atoms with Crippen molar-refractivity contribution in [2.24, 2.45) is 0 Å². The molecule has 3 aromatic heterocycles. The topological polar surface area (TPSA) is 131 Å². The third-order valence-electron chi connectivity index (χ3n) is 4.43. The van der Waals surface area contributed by atoms with E-state index < -0.39 is 10.0 Å². The number of nitrogens with zero attached hydrogens (tertiary/aromatic N) is 4. The van der Waals surface area contributed by atoms with Crippen LogP contribution in [0.4, 0.5) is 5.82 Å². The van der Waals surface area contributed by atoms with E-state index in [0.29, 0.717) is 29.0 Å². The van der Waals surface area contributed by atoms with Gasteiger partial charge in [0.25, 0.3) is 10.0 Å². The maximum atomic E-state index is 13.0. The highest BCUT2D eigenvalue weighted by molar-refractivity contribution is 7.92. The molecule has 1 aliphatic rings. The summed E-state index contributed by atoms with van der Waals surface area (Å²) in [5, 5.41) is 8.31. The molecule has 12 heteroatoms. The van der Waals surface area contributed by atoms with Crippen molar-refractivity contribution in [2.45, 2.75) is 11.4 Å². The number of aromatic nitrogens is 4. The lowest BCUT2D eigenvalue weighted by atomic mass is 10.2. The Labute approximate surface area is 170 Å². The van der Waals surface area contributed by atoms with Gasteiger partial charge in [-0.05, 0) is 18.2 Å². The van der Waals surface area contributed by atoms with Gasteiger partial charge in [-0.25, -0.2) is 13.4 Å². The Morgan fingerprint density at radius 1 is 1.27 bits per heavy atom. The maximum Gasteiger partial charge on any atom is 0.267 e. The van der Waals surface area contributed by atoms with Crippen molar-refractivity contribution in [1.29, 1.82) is 0 Å². The largest absolute Gasteiger partial charge is 0.480 e. The molecular weight excluding hydrogens is 414 g/mol. The van der Waals surface area contributed by atoms with E-state index in [9.17, 15) is 8.42 Å². The molecule has 0 fully saturated rings. The zero-order valence-electron chi connectivity index (χ0n) is 15.6. The van der Waals surface area contributed by atoms with Gasteiger partial charge < -0.3 is 18.7 Å². The lowest BCUT2D eigenvalue weighted by Gasteiger charge is -2.09. The highest BCUT2D eigenvalue weighted by Gasteiger charge is 2.29. The van der Waals surface area contributed by atoms with Crippen molar-refractivity contribution in [3.05, 3.63) is 48.4 Å². The molecule has 5 rings (SSSR count). The number of methoxy groups -OCH3 is 1. The van der Waals surface area contributed by atoms with Crippen LogP contribution in [0.3, 0.4) is 0 Å². The van der Waals surface area contributed by atoms with Gasteiger partial charge in [0.1, 0.15) is 10.3 Å². The van der Waals surface area contributed by atoms with E-state index in [1.165, 1.54) is 13.2 Å². The highest BCUT2D eigenvalue weighted by atomic mass is 32.2. The number of hydrogen-bond acceptors (Lipinski definition) is 9. The molecule has 0 saturated heterocycles. The van der Waals surface area contributed by atoms with Crippen LogP contribution in [0.5, 0.6) is 17.4 Å². The number of anilines is 1. The van der Waals surface area contributed by atoms with Crippen molar-refractivity contribution in [2.75, 3.05) is 18.6 Å². The number of benzene rings is 1. The Kier molecular flexibility index (Phi) is 4.20. The third kappa shape index (κ3) is 3.06. The highest BCUT2D eigenvalue weighted by Crippen LogP contribution is 2.39. The summed E-state index contributed by atoms with van der Waals surface area (Å²) in [4.78, 5) is 4.35.